The lowest BCUT2D eigenvalue weighted by Gasteiger charge is -2.11. The molecular formula is C46H28N4S. The van der Waals surface area contributed by atoms with Gasteiger partial charge in [0.25, 0.3) is 0 Å². The molecule has 0 fully saturated rings. The van der Waals surface area contributed by atoms with Gasteiger partial charge in [-0.15, -0.1) is 11.3 Å². The van der Waals surface area contributed by atoms with Gasteiger partial charge in [0.1, 0.15) is 10.3 Å². The van der Waals surface area contributed by atoms with E-state index < -0.39 is 0 Å². The first kappa shape index (κ1) is 28.3. The lowest BCUT2D eigenvalue weighted by Crippen LogP contribution is -1.95. The molecule has 0 bridgehead atoms. The van der Waals surface area contributed by atoms with Crippen LogP contribution in [-0.4, -0.2) is 19.1 Å². The first-order valence-corrected chi connectivity index (χ1v) is 18.0. The molecule has 0 aliphatic carbocycles. The third-order valence-corrected chi connectivity index (χ3v) is 11.2. The van der Waals surface area contributed by atoms with E-state index in [1.54, 1.807) is 11.3 Å². The number of aromatic nitrogens is 4. The van der Waals surface area contributed by atoms with Gasteiger partial charge >= 0.3 is 0 Å². The van der Waals surface area contributed by atoms with Crippen molar-refractivity contribution >= 4 is 75.4 Å². The third-order valence-electron chi connectivity index (χ3n) is 10.2. The highest BCUT2D eigenvalue weighted by molar-refractivity contribution is 7.25. The van der Waals surface area contributed by atoms with Crippen molar-refractivity contribution < 1.29 is 0 Å². The van der Waals surface area contributed by atoms with Crippen LogP contribution < -0.4 is 0 Å². The molecular weight excluding hydrogens is 641 g/mol. The maximum atomic E-state index is 5.28. The molecule has 0 radical (unpaired) electrons. The summed E-state index contributed by atoms with van der Waals surface area (Å²) in [5, 5.41) is 6.16. The zero-order valence-electron chi connectivity index (χ0n) is 27.4. The van der Waals surface area contributed by atoms with Crippen LogP contribution in [0.15, 0.2) is 170 Å². The summed E-state index contributed by atoms with van der Waals surface area (Å²) >= 11 is 1.70. The lowest BCUT2D eigenvalue weighted by molar-refractivity contribution is 1.18. The van der Waals surface area contributed by atoms with E-state index in [1.165, 1.54) is 53.9 Å². The molecule has 4 heterocycles. The van der Waals surface area contributed by atoms with Gasteiger partial charge in [0, 0.05) is 48.6 Å². The molecule has 0 aliphatic rings. The molecule has 0 spiro atoms. The highest BCUT2D eigenvalue weighted by Crippen LogP contribution is 2.38. The van der Waals surface area contributed by atoms with Crippen LogP contribution in [0.3, 0.4) is 0 Å². The van der Waals surface area contributed by atoms with Crippen molar-refractivity contribution in [2.45, 2.75) is 0 Å². The molecule has 238 valence electrons. The van der Waals surface area contributed by atoms with Crippen molar-refractivity contribution in [2.75, 3.05) is 0 Å². The fourth-order valence-electron chi connectivity index (χ4n) is 7.89. The predicted molar refractivity (Wildman–Crippen MR) is 214 cm³/mol. The van der Waals surface area contributed by atoms with Gasteiger partial charge in [0.15, 0.2) is 0 Å². The summed E-state index contributed by atoms with van der Waals surface area (Å²) in [6.07, 6.45) is 1.92. The van der Waals surface area contributed by atoms with Gasteiger partial charge in [-0.05, 0) is 71.8 Å². The first-order chi connectivity index (χ1) is 25.3. The van der Waals surface area contributed by atoms with Crippen LogP contribution in [0.2, 0.25) is 0 Å². The molecule has 51 heavy (non-hydrogen) atoms. The highest BCUT2D eigenvalue weighted by atomic mass is 32.1. The molecule has 0 saturated carbocycles. The average Bonchev–Trinajstić information content (AvgIpc) is 3.85. The number of benzene rings is 7. The second-order valence-corrected chi connectivity index (χ2v) is 14.1. The maximum absolute atomic E-state index is 5.28. The Morgan fingerprint density at radius 2 is 0.902 bits per heavy atom. The van der Waals surface area contributed by atoms with Gasteiger partial charge in [0.05, 0.1) is 34.0 Å². The minimum Gasteiger partial charge on any atom is -0.309 e. The summed E-state index contributed by atoms with van der Waals surface area (Å²) < 4.78 is 5.90. The van der Waals surface area contributed by atoms with Crippen molar-refractivity contribution in [3.8, 4) is 33.8 Å². The van der Waals surface area contributed by atoms with E-state index in [9.17, 15) is 0 Å². The molecule has 5 heteroatoms. The monoisotopic (exact) mass is 668 g/mol. The minimum atomic E-state index is 0.864. The van der Waals surface area contributed by atoms with E-state index in [2.05, 4.69) is 173 Å². The molecule has 0 saturated heterocycles. The van der Waals surface area contributed by atoms with Crippen molar-refractivity contribution in [3.63, 3.8) is 0 Å². The van der Waals surface area contributed by atoms with E-state index >= 15 is 0 Å². The minimum absolute atomic E-state index is 0.864. The van der Waals surface area contributed by atoms with Crippen LogP contribution in [0, 0.1) is 0 Å². The average molecular weight is 669 g/mol. The number of thiophene rings is 1. The summed E-state index contributed by atoms with van der Waals surface area (Å²) in [6, 6.07) is 58.8. The Bertz CT molecular complexity index is 2840. The van der Waals surface area contributed by atoms with Gasteiger partial charge in [-0.3, -0.25) is 0 Å². The van der Waals surface area contributed by atoms with Crippen LogP contribution in [0.5, 0.6) is 0 Å². The van der Waals surface area contributed by atoms with Crippen molar-refractivity contribution in [1.29, 1.82) is 0 Å². The summed E-state index contributed by atoms with van der Waals surface area (Å²) in [7, 11) is 0. The molecule has 7 aromatic carbocycles. The first-order valence-electron chi connectivity index (χ1n) is 17.2. The van der Waals surface area contributed by atoms with Gasteiger partial charge in [0.2, 0.25) is 0 Å². The zero-order valence-corrected chi connectivity index (χ0v) is 28.2. The van der Waals surface area contributed by atoms with Gasteiger partial charge in [-0.1, -0.05) is 103 Å². The Hall–Kier alpha value is -6.56. The van der Waals surface area contributed by atoms with Crippen LogP contribution in [-0.2, 0) is 0 Å². The number of fused-ring (bicyclic) bond motifs is 9. The maximum Gasteiger partial charge on any atom is 0.143 e. The van der Waals surface area contributed by atoms with Crippen molar-refractivity contribution in [1.82, 2.24) is 19.1 Å². The smallest absolute Gasteiger partial charge is 0.143 e. The second-order valence-electron chi connectivity index (χ2n) is 13.1. The normalized spacial score (nSPS) is 11.9. The number of hydrogen-bond acceptors (Lipinski definition) is 3. The van der Waals surface area contributed by atoms with Crippen LogP contribution in [0.1, 0.15) is 0 Å². The van der Waals surface area contributed by atoms with E-state index in [1.807, 2.05) is 6.20 Å². The molecule has 4 nitrogen and oxygen atoms in total. The highest BCUT2D eigenvalue weighted by Gasteiger charge is 2.16. The van der Waals surface area contributed by atoms with E-state index in [-0.39, 0.29) is 0 Å². The summed E-state index contributed by atoms with van der Waals surface area (Å²) in [4.78, 5) is 11.2. The zero-order chi connectivity index (χ0) is 33.5. The Morgan fingerprint density at radius 1 is 0.412 bits per heavy atom. The van der Waals surface area contributed by atoms with Crippen LogP contribution in [0.4, 0.5) is 0 Å². The number of rotatable bonds is 4. The molecule has 4 aromatic heterocycles. The standard InChI is InChI=1S/C46H28N4S/c1-5-19-40-34(15-1)35-16-2-6-20-41(35)49(40)32-13-9-11-29(25-32)30-23-24-44-38(27-30)45-46(51-44)47-28-39(48-45)31-12-10-14-33(26-31)50-42-21-7-3-17-36(42)37-18-4-8-22-43(37)50/h1-28H. The van der Waals surface area contributed by atoms with Gasteiger partial charge in [-0.2, -0.15) is 0 Å². The van der Waals surface area contributed by atoms with Crippen LogP contribution in [0.25, 0.3) is 97.8 Å². The van der Waals surface area contributed by atoms with E-state index in [4.69, 9.17) is 9.97 Å². The molecule has 0 atom stereocenters. The Labute approximate surface area is 297 Å². The summed E-state index contributed by atoms with van der Waals surface area (Å²) in [5.41, 5.74) is 12.2. The fourth-order valence-corrected chi connectivity index (χ4v) is 8.85. The quantitative estimate of drug-likeness (QED) is 0.187. The molecule has 0 unspecified atom stereocenters. The predicted octanol–water partition coefficient (Wildman–Crippen LogP) is 12.4. The van der Waals surface area contributed by atoms with E-state index in [0.717, 1.165) is 43.9 Å². The number of hydrogen-bond donors (Lipinski definition) is 0. The number of nitrogens with zero attached hydrogens (tertiary/aromatic N) is 4. The Morgan fingerprint density at radius 3 is 1.47 bits per heavy atom. The number of para-hydroxylation sites is 4. The van der Waals surface area contributed by atoms with E-state index in [0.29, 0.717) is 0 Å². The second kappa shape index (κ2) is 11.0. The van der Waals surface area contributed by atoms with Gasteiger partial charge < -0.3 is 9.13 Å². The summed E-state index contributed by atoms with van der Waals surface area (Å²) in [6.45, 7) is 0. The Balaban J connectivity index is 1.02. The summed E-state index contributed by atoms with van der Waals surface area (Å²) in [5.74, 6) is 0. The topological polar surface area (TPSA) is 35.6 Å². The molecule has 11 aromatic rings. The Kier molecular flexibility index (Phi) is 6.09. The lowest BCUT2D eigenvalue weighted by atomic mass is 10.0. The largest absolute Gasteiger partial charge is 0.309 e. The van der Waals surface area contributed by atoms with Crippen LogP contribution >= 0.6 is 11.3 Å². The molecule has 0 aliphatic heterocycles. The fraction of sp³-hybridized carbons (Fsp3) is 0. The molecule has 11 rings (SSSR count). The molecule has 0 amide bonds. The van der Waals surface area contributed by atoms with Gasteiger partial charge in [-0.25, -0.2) is 9.97 Å². The van der Waals surface area contributed by atoms with Crippen molar-refractivity contribution in [3.05, 3.63) is 170 Å². The SMILES string of the molecule is c1cc(-c2ccc3sc4ncc(-c5cccc(-n6c7ccccc7c7ccccc76)c5)nc4c3c2)cc(-n2c3ccccc3c3ccccc32)c1. The third kappa shape index (κ3) is 4.32. The van der Waals surface area contributed by atoms with Crippen molar-refractivity contribution in [2.24, 2.45) is 0 Å². The molecule has 0 N–H and O–H groups in total.